The molecule has 1 fully saturated rings. The fourth-order valence-corrected chi connectivity index (χ4v) is 1.62. The molecule has 92 valence electrons. The van der Waals surface area contributed by atoms with Crippen LogP contribution in [-0.2, 0) is 5.41 Å². The number of benzene rings is 1. The highest BCUT2D eigenvalue weighted by Crippen LogP contribution is 2.31. The van der Waals surface area contributed by atoms with Gasteiger partial charge in [0.2, 0.25) is 5.91 Å². The van der Waals surface area contributed by atoms with Gasteiger partial charge in [-0.05, 0) is 42.0 Å². The number of hydrogen-bond acceptors (Lipinski definition) is 2. The average molecular weight is 233 g/mol. The predicted molar refractivity (Wildman–Crippen MR) is 67.3 cm³/mol. The monoisotopic (exact) mass is 233 g/mol. The molecule has 0 aliphatic heterocycles. The summed E-state index contributed by atoms with van der Waals surface area (Å²) in [5.41, 5.74) is 6.92. The summed E-state index contributed by atoms with van der Waals surface area (Å²) in [5, 5.41) is 0. The number of carbonyl (C=O) groups is 1. The van der Waals surface area contributed by atoms with Crippen molar-refractivity contribution < 1.29 is 9.53 Å². The lowest BCUT2D eigenvalue weighted by molar-refractivity contribution is 0.0999. The van der Waals surface area contributed by atoms with Crippen LogP contribution in [0.3, 0.4) is 0 Å². The Labute approximate surface area is 102 Å². The van der Waals surface area contributed by atoms with E-state index in [-0.39, 0.29) is 5.41 Å². The van der Waals surface area contributed by atoms with Crippen molar-refractivity contribution in [2.24, 2.45) is 5.73 Å². The molecule has 1 aliphatic carbocycles. The van der Waals surface area contributed by atoms with E-state index in [1.165, 1.54) is 0 Å². The number of ether oxygens (including phenoxy) is 1. The third kappa shape index (κ3) is 2.99. The second kappa shape index (κ2) is 4.06. The zero-order valence-corrected chi connectivity index (χ0v) is 10.6. The first-order valence-corrected chi connectivity index (χ1v) is 5.98. The molecule has 0 radical (unpaired) electrons. The summed E-state index contributed by atoms with van der Waals surface area (Å²) in [6.45, 7) is 6.32. The lowest BCUT2D eigenvalue weighted by atomic mass is 9.86. The molecule has 0 spiro atoms. The molecule has 1 aromatic rings. The molecular formula is C14H19NO2. The van der Waals surface area contributed by atoms with Gasteiger partial charge in [0.15, 0.2) is 0 Å². The summed E-state index contributed by atoms with van der Waals surface area (Å²) < 4.78 is 5.74. The van der Waals surface area contributed by atoms with Crippen LogP contribution in [0.4, 0.5) is 0 Å². The molecule has 17 heavy (non-hydrogen) atoms. The molecule has 1 aromatic carbocycles. The Hall–Kier alpha value is -1.51. The Morgan fingerprint density at radius 1 is 1.29 bits per heavy atom. The van der Waals surface area contributed by atoms with Gasteiger partial charge >= 0.3 is 0 Å². The highest BCUT2D eigenvalue weighted by molar-refractivity contribution is 5.93. The summed E-state index contributed by atoms with van der Waals surface area (Å²) in [6, 6.07) is 5.59. The smallest absolute Gasteiger partial charge is 0.248 e. The third-order valence-corrected chi connectivity index (χ3v) is 2.88. The van der Waals surface area contributed by atoms with Gasteiger partial charge in [0.05, 0.1) is 6.10 Å². The summed E-state index contributed by atoms with van der Waals surface area (Å²) in [6.07, 6.45) is 2.53. The van der Waals surface area contributed by atoms with E-state index in [0.717, 1.165) is 24.2 Å². The van der Waals surface area contributed by atoms with Crippen molar-refractivity contribution in [3.05, 3.63) is 29.3 Å². The van der Waals surface area contributed by atoms with Gasteiger partial charge in [0.25, 0.3) is 0 Å². The minimum absolute atomic E-state index is 0.0207. The molecule has 0 saturated heterocycles. The maximum Gasteiger partial charge on any atom is 0.248 e. The van der Waals surface area contributed by atoms with E-state index >= 15 is 0 Å². The first-order valence-electron chi connectivity index (χ1n) is 5.98. The van der Waals surface area contributed by atoms with Gasteiger partial charge in [-0.1, -0.05) is 20.8 Å². The number of primary amides is 1. The van der Waals surface area contributed by atoms with Crippen molar-refractivity contribution in [1.29, 1.82) is 0 Å². The lowest BCUT2D eigenvalue weighted by Crippen LogP contribution is -2.16. The standard InChI is InChI=1S/C14H19NO2/c1-14(2,3)10-6-9(13(15)16)7-12(8-10)17-11-4-5-11/h6-8,11H,4-5H2,1-3H3,(H2,15,16). The highest BCUT2D eigenvalue weighted by atomic mass is 16.5. The van der Waals surface area contributed by atoms with Gasteiger partial charge in [-0.3, -0.25) is 4.79 Å². The van der Waals surface area contributed by atoms with Gasteiger partial charge in [0, 0.05) is 5.56 Å². The summed E-state index contributed by atoms with van der Waals surface area (Å²) >= 11 is 0. The van der Waals surface area contributed by atoms with Crippen LogP contribution in [0.25, 0.3) is 0 Å². The minimum Gasteiger partial charge on any atom is -0.490 e. The predicted octanol–water partition coefficient (Wildman–Crippen LogP) is 2.62. The molecular weight excluding hydrogens is 214 g/mol. The molecule has 0 atom stereocenters. The van der Waals surface area contributed by atoms with Crippen LogP contribution < -0.4 is 10.5 Å². The van der Waals surface area contributed by atoms with Gasteiger partial charge in [-0.15, -0.1) is 0 Å². The fourth-order valence-electron chi connectivity index (χ4n) is 1.62. The Morgan fingerprint density at radius 3 is 2.41 bits per heavy atom. The van der Waals surface area contributed by atoms with Crippen molar-refractivity contribution in [3.8, 4) is 5.75 Å². The molecule has 2 N–H and O–H groups in total. The molecule has 0 unspecified atom stereocenters. The van der Waals surface area contributed by atoms with E-state index in [1.54, 1.807) is 6.07 Å². The van der Waals surface area contributed by atoms with Crippen molar-refractivity contribution in [2.45, 2.75) is 45.1 Å². The van der Waals surface area contributed by atoms with Crippen molar-refractivity contribution in [3.63, 3.8) is 0 Å². The van der Waals surface area contributed by atoms with Gasteiger partial charge in [-0.2, -0.15) is 0 Å². The summed E-state index contributed by atoms with van der Waals surface area (Å²) in [4.78, 5) is 11.3. The van der Waals surface area contributed by atoms with Crippen molar-refractivity contribution >= 4 is 5.91 Å². The SMILES string of the molecule is CC(C)(C)c1cc(OC2CC2)cc(C(N)=O)c1. The average Bonchev–Trinajstić information content (AvgIpc) is 2.99. The molecule has 1 aliphatic rings. The summed E-state index contributed by atoms with van der Waals surface area (Å²) in [7, 11) is 0. The highest BCUT2D eigenvalue weighted by Gasteiger charge is 2.25. The number of amides is 1. The maximum atomic E-state index is 11.3. The van der Waals surface area contributed by atoms with Crippen molar-refractivity contribution in [2.75, 3.05) is 0 Å². The second-order valence-electron chi connectivity index (χ2n) is 5.68. The van der Waals surface area contributed by atoms with Crippen LogP contribution in [0.2, 0.25) is 0 Å². The number of nitrogens with two attached hydrogens (primary N) is 1. The molecule has 1 saturated carbocycles. The largest absolute Gasteiger partial charge is 0.490 e. The quantitative estimate of drug-likeness (QED) is 0.872. The third-order valence-electron chi connectivity index (χ3n) is 2.88. The van der Waals surface area contributed by atoms with E-state index in [1.807, 2.05) is 12.1 Å². The Balaban J connectivity index is 2.37. The zero-order valence-electron chi connectivity index (χ0n) is 10.6. The summed E-state index contributed by atoms with van der Waals surface area (Å²) in [5.74, 6) is 0.352. The Bertz CT molecular complexity index is 442. The molecule has 3 heteroatoms. The fraction of sp³-hybridized carbons (Fsp3) is 0.500. The molecule has 0 aromatic heterocycles. The molecule has 1 amide bonds. The van der Waals surface area contributed by atoms with Gasteiger partial charge < -0.3 is 10.5 Å². The first kappa shape index (κ1) is 12.0. The molecule has 2 rings (SSSR count). The molecule has 3 nitrogen and oxygen atoms in total. The van der Waals surface area contributed by atoms with E-state index in [9.17, 15) is 4.79 Å². The number of carbonyl (C=O) groups excluding carboxylic acids is 1. The normalized spacial score (nSPS) is 15.7. The van der Waals surface area contributed by atoms with Crippen LogP contribution in [0.15, 0.2) is 18.2 Å². The maximum absolute atomic E-state index is 11.3. The van der Waals surface area contributed by atoms with E-state index in [0.29, 0.717) is 11.7 Å². The topological polar surface area (TPSA) is 52.3 Å². The Morgan fingerprint density at radius 2 is 1.94 bits per heavy atom. The first-order chi connectivity index (χ1) is 7.86. The van der Waals surface area contributed by atoms with Gasteiger partial charge in [-0.25, -0.2) is 0 Å². The van der Waals surface area contributed by atoms with Crippen molar-refractivity contribution in [1.82, 2.24) is 0 Å². The van der Waals surface area contributed by atoms with Gasteiger partial charge in [0.1, 0.15) is 5.75 Å². The van der Waals surface area contributed by atoms with Crippen LogP contribution in [0, 0.1) is 0 Å². The number of hydrogen-bond donors (Lipinski definition) is 1. The second-order valence-corrected chi connectivity index (χ2v) is 5.68. The van der Waals surface area contributed by atoms with E-state index < -0.39 is 5.91 Å². The zero-order chi connectivity index (χ0) is 12.6. The minimum atomic E-state index is -0.406. The molecule has 0 heterocycles. The molecule has 0 bridgehead atoms. The van der Waals surface area contributed by atoms with Crippen LogP contribution in [-0.4, -0.2) is 12.0 Å². The van der Waals surface area contributed by atoms with Crippen LogP contribution in [0.1, 0.15) is 49.5 Å². The van der Waals surface area contributed by atoms with Crippen LogP contribution in [0.5, 0.6) is 5.75 Å². The van der Waals surface area contributed by atoms with Crippen LogP contribution >= 0.6 is 0 Å². The number of rotatable bonds is 3. The van der Waals surface area contributed by atoms with E-state index in [2.05, 4.69) is 20.8 Å². The Kier molecular flexibility index (Phi) is 2.86. The lowest BCUT2D eigenvalue weighted by Gasteiger charge is -2.21. The van der Waals surface area contributed by atoms with E-state index in [4.69, 9.17) is 10.5 Å².